The van der Waals surface area contributed by atoms with Crippen LogP contribution in [0.15, 0.2) is 18.2 Å². The average molecular weight is 330 g/mol. The maximum absolute atomic E-state index is 12.8. The van der Waals surface area contributed by atoms with Crippen LogP contribution in [0.2, 0.25) is 0 Å². The van der Waals surface area contributed by atoms with Crippen LogP contribution in [-0.2, 0) is 4.79 Å². The van der Waals surface area contributed by atoms with Crippen molar-refractivity contribution in [3.05, 3.63) is 23.4 Å². The first-order chi connectivity index (χ1) is 10.0. The van der Waals surface area contributed by atoms with Crippen molar-refractivity contribution >= 4 is 17.3 Å². The summed E-state index contributed by atoms with van der Waals surface area (Å²) in [4.78, 5) is 11.1. The largest absolute Gasteiger partial charge is 0.595 e. The van der Waals surface area contributed by atoms with Crippen LogP contribution in [-0.4, -0.2) is 29.8 Å². The third kappa shape index (κ3) is 3.81. The normalized spacial score (nSPS) is 13.6. The first-order valence-electron chi connectivity index (χ1n) is 5.76. The molecule has 0 radical (unpaired) electrons. The number of hydrogen-bond acceptors (Lipinski definition) is 4. The molecular formula is C11H11F5N2O4. The van der Waals surface area contributed by atoms with Crippen molar-refractivity contribution in [1.82, 2.24) is 0 Å². The van der Waals surface area contributed by atoms with Crippen LogP contribution in [0.25, 0.3) is 0 Å². The van der Waals surface area contributed by atoms with E-state index in [0.717, 1.165) is 18.2 Å². The number of carbonyl (C=O) groups excluding carboxylic acids is 1. The van der Waals surface area contributed by atoms with E-state index in [4.69, 9.17) is 9.94 Å². The first kappa shape index (κ1) is 18.1. The molecule has 1 rings (SSSR count). The Morgan fingerprint density at radius 3 is 2.41 bits per heavy atom. The lowest BCUT2D eigenvalue weighted by molar-refractivity contribution is -0.990. The molecule has 0 saturated carbocycles. The van der Waals surface area contributed by atoms with E-state index >= 15 is 0 Å². The van der Waals surface area contributed by atoms with Gasteiger partial charge in [0.05, 0.1) is 6.61 Å². The zero-order chi connectivity index (χ0) is 17.1. The zero-order valence-electron chi connectivity index (χ0n) is 11.0. The number of carbonyl (C=O) groups is 1. The van der Waals surface area contributed by atoms with Gasteiger partial charge in [-0.3, -0.25) is 4.79 Å². The van der Waals surface area contributed by atoms with Crippen molar-refractivity contribution < 1.29 is 41.9 Å². The highest BCUT2D eigenvalue weighted by Crippen LogP contribution is 2.37. The highest BCUT2D eigenvalue weighted by Gasteiger charge is 2.63. The van der Waals surface area contributed by atoms with Gasteiger partial charge in [0.15, 0.2) is 5.69 Å². The van der Waals surface area contributed by atoms with Crippen LogP contribution in [0.3, 0.4) is 0 Å². The maximum Gasteiger partial charge on any atom is 0.463 e. The van der Waals surface area contributed by atoms with E-state index in [1.807, 2.05) is 0 Å². The number of anilines is 1. The van der Waals surface area contributed by atoms with Crippen LogP contribution < -0.4 is 15.3 Å². The van der Waals surface area contributed by atoms with Crippen molar-refractivity contribution in [2.24, 2.45) is 0 Å². The van der Waals surface area contributed by atoms with Gasteiger partial charge >= 0.3 is 18.0 Å². The standard InChI is InChI=1S/C11H11F5N2O4/c1-2-22-6-3-4-7(8(5-6)18(20)21)17-9(19)10(12,13)11(14,15)16/h3-5,18,20H,2H2,1H3,(H,17,19). The molecule has 6 nitrogen and oxygen atoms in total. The van der Waals surface area contributed by atoms with E-state index in [-0.39, 0.29) is 12.4 Å². The predicted molar refractivity (Wildman–Crippen MR) is 63.0 cm³/mol. The summed E-state index contributed by atoms with van der Waals surface area (Å²) in [6.07, 6.45) is -6.09. The molecule has 1 atom stereocenters. The quantitative estimate of drug-likeness (QED) is 0.566. The van der Waals surface area contributed by atoms with Crippen molar-refractivity contribution in [3.63, 3.8) is 0 Å². The average Bonchev–Trinajstić information content (AvgIpc) is 2.39. The highest BCUT2D eigenvalue weighted by atomic mass is 19.4. The van der Waals surface area contributed by atoms with Gasteiger partial charge in [-0.1, -0.05) is 0 Å². The van der Waals surface area contributed by atoms with Crippen LogP contribution in [0.1, 0.15) is 6.92 Å². The fourth-order valence-corrected chi connectivity index (χ4v) is 1.40. The molecule has 0 aliphatic carbocycles. The minimum Gasteiger partial charge on any atom is -0.595 e. The first-order valence-corrected chi connectivity index (χ1v) is 5.76. The van der Waals surface area contributed by atoms with E-state index in [9.17, 15) is 32.0 Å². The zero-order valence-corrected chi connectivity index (χ0v) is 11.0. The molecule has 0 saturated heterocycles. The van der Waals surface area contributed by atoms with Gasteiger partial charge in [0.2, 0.25) is 0 Å². The summed E-state index contributed by atoms with van der Waals surface area (Å²) >= 11 is 0. The molecule has 0 spiro atoms. The van der Waals surface area contributed by atoms with Crippen molar-refractivity contribution in [2.45, 2.75) is 19.0 Å². The number of hydrogen-bond donors (Lipinski definition) is 3. The molecule has 1 aromatic carbocycles. The van der Waals surface area contributed by atoms with E-state index in [1.165, 1.54) is 5.32 Å². The second kappa shape index (κ2) is 6.42. The van der Waals surface area contributed by atoms with Gasteiger partial charge in [-0.15, -0.1) is 0 Å². The Morgan fingerprint density at radius 1 is 1.36 bits per heavy atom. The summed E-state index contributed by atoms with van der Waals surface area (Å²) in [5.41, 5.74) is -1.39. The molecule has 1 unspecified atom stereocenters. The molecule has 0 bridgehead atoms. The summed E-state index contributed by atoms with van der Waals surface area (Å²) < 4.78 is 66.8. The van der Waals surface area contributed by atoms with Gasteiger partial charge in [0, 0.05) is 6.07 Å². The number of halogens is 5. The molecule has 3 N–H and O–H groups in total. The lowest BCUT2D eigenvalue weighted by Crippen LogP contribution is -2.99. The van der Waals surface area contributed by atoms with Crippen LogP contribution in [0, 0.1) is 5.21 Å². The summed E-state index contributed by atoms with van der Waals surface area (Å²) in [5, 5.41) is 19.5. The molecular weight excluding hydrogens is 319 g/mol. The Labute approximate surface area is 120 Å². The molecule has 0 aromatic heterocycles. The van der Waals surface area contributed by atoms with Crippen molar-refractivity contribution in [1.29, 1.82) is 0 Å². The molecule has 22 heavy (non-hydrogen) atoms. The van der Waals surface area contributed by atoms with Gasteiger partial charge in [-0.25, -0.2) is 5.21 Å². The summed E-state index contributed by atoms with van der Waals surface area (Å²) in [6.45, 7) is 1.77. The van der Waals surface area contributed by atoms with Gasteiger partial charge in [-0.2, -0.15) is 27.2 Å². The molecule has 1 aromatic rings. The molecule has 0 aliphatic rings. The second-order valence-electron chi connectivity index (χ2n) is 3.97. The van der Waals surface area contributed by atoms with E-state index in [2.05, 4.69) is 0 Å². The number of rotatable bonds is 5. The Balaban J connectivity index is 3.10. The number of benzene rings is 1. The topological polar surface area (TPSA) is 86.1 Å². The van der Waals surface area contributed by atoms with Gasteiger partial charge in [-0.05, 0) is 19.1 Å². The Hall–Kier alpha value is -1.98. The minimum absolute atomic E-state index is 0.0560. The van der Waals surface area contributed by atoms with Crippen LogP contribution in [0.5, 0.6) is 5.75 Å². The van der Waals surface area contributed by atoms with E-state index in [0.29, 0.717) is 0 Å². The molecule has 1 amide bonds. The Morgan fingerprint density at radius 2 is 1.95 bits per heavy atom. The summed E-state index contributed by atoms with van der Waals surface area (Å²) in [6, 6.07) is 2.88. The molecule has 0 fully saturated rings. The Kier molecular flexibility index (Phi) is 5.27. The second-order valence-corrected chi connectivity index (χ2v) is 3.97. The molecule has 0 aliphatic heterocycles. The maximum atomic E-state index is 12.8. The number of nitrogens with one attached hydrogen (secondary N) is 2. The highest BCUT2D eigenvalue weighted by molar-refractivity contribution is 5.98. The number of alkyl halides is 5. The van der Waals surface area contributed by atoms with Gasteiger partial charge in [0.1, 0.15) is 11.4 Å². The van der Waals surface area contributed by atoms with Crippen LogP contribution in [0.4, 0.5) is 33.3 Å². The fourth-order valence-electron chi connectivity index (χ4n) is 1.40. The number of amides is 1. The molecule has 124 valence electrons. The molecule has 11 heteroatoms. The fraction of sp³-hybridized carbons (Fsp3) is 0.364. The SMILES string of the molecule is CCOc1ccc(NC(=O)C(F)(F)C(F)(F)F)c([NH+]([O-])O)c1. The number of quaternary nitrogens is 1. The Bertz CT molecular complexity index is 548. The third-order valence-corrected chi connectivity index (χ3v) is 2.42. The smallest absolute Gasteiger partial charge is 0.463 e. The van der Waals surface area contributed by atoms with Crippen molar-refractivity contribution in [3.8, 4) is 5.75 Å². The molecule has 0 heterocycles. The van der Waals surface area contributed by atoms with Crippen molar-refractivity contribution in [2.75, 3.05) is 11.9 Å². The minimum atomic E-state index is -6.09. The van der Waals surface area contributed by atoms with Gasteiger partial charge < -0.3 is 15.3 Å². The van der Waals surface area contributed by atoms with Gasteiger partial charge in [0.25, 0.3) is 0 Å². The summed E-state index contributed by atoms with van der Waals surface area (Å²) in [7, 11) is 0. The van der Waals surface area contributed by atoms with E-state index < -0.39 is 34.6 Å². The van der Waals surface area contributed by atoms with Crippen LogP contribution >= 0.6 is 0 Å². The summed E-state index contributed by atoms with van der Waals surface area (Å²) in [5.74, 6) is -8.27. The van der Waals surface area contributed by atoms with E-state index in [1.54, 1.807) is 6.92 Å². The third-order valence-electron chi connectivity index (χ3n) is 2.42. The predicted octanol–water partition coefficient (Wildman–Crippen LogP) is 1.62. The lowest BCUT2D eigenvalue weighted by Gasteiger charge is -2.21. The number of ether oxygens (including phenoxy) is 1. The lowest BCUT2D eigenvalue weighted by atomic mass is 10.2. The monoisotopic (exact) mass is 330 g/mol.